The molecule has 1 amide bonds. The summed E-state index contributed by atoms with van der Waals surface area (Å²) in [6.45, 7) is 0. The molecule has 0 bridgehead atoms. The van der Waals surface area contributed by atoms with Gasteiger partial charge in [0, 0.05) is 11.0 Å². The minimum absolute atomic E-state index is 0.252. The minimum atomic E-state index is -1.04. The van der Waals surface area contributed by atoms with E-state index < -0.39 is 34.3 Å². The molecular weight excluding hydrogens is 336 g/mol. The Morgan fingerprint density at radius 1 is 1.21 bits per heavy atom. The lowest BCUT2D eigenvalue weighted by Gasteiger charge is -2.12. The SMILES string of the molecule is COC(=O)c1cc(NC(=O)[C@@H]2Cc3ccccc3S2)c(F)cc1F. The van der Waals surface area contributed by atoms with Crippen LogP contribution in [0.1, 0.15) is 15.9 Å². The van der Waals surface area contributed by atoms with Gasteiger partial charge in [0.15, 0.2) is 0 Å². The molecule has 1 aliphatic rings. The van der Waals surface area contributed by atoms with Crippen molar-refractivity contribution in [1.29, 1.82) is 0 Å². The minimum Gasteiger partial charge on any atom is -0.465 e. The van der Waals surface area contributed by atoms with E-state index in [4.69, 9.17) is 0 Å². The largest absolute Gasteiger partial charge is 0.465 e. The molecule has 0 aliphatic carbocycles. The van der Waals surface area contributed by atoms with Gasteiger partial charge in [-0.2, -0.15) is 0 Å². The van der Waals surface area contributed by atoms with Crippen molar-refractivity contribution >= 4 is 29.3 Å². The first-order valence-corrected chi connectivity index (χ1v) is 8.00. The number of anilines is 1. The number of fused-ring (bicyclic) bond motifs is 1. The zero-order valence-corrected chi connectivity index (χ0v) is 13.5. The molecule has 0 radical (unpaired) electrons. The van der Waals surface area contributed by atoms with Gasteiger partial charge in [0.25, 0.3) is 0 Å². The summed E-state index contributed by atoms with van der Waals surface area (Å²) >= 11 is 1.39. The fraction of sp³-hybridized carbons (Fsp3) is 0.176. The molecule has 0 aromatic heterocycles. The van der Waals surface area contributed by atoms with Crippen molar-refractivity contribution in [2.75, 3.05) is 12.4 Å². The Hall–Kier alpha value is -2.41. The van der Waals surface area contributed by atoms with E-state index in [9.17, 15) is 18.4 Å². The summed E-state index contributed by atoms with van der Waals surface area (Å²) < 4.78 is 32.0. The topological polar surface area (TPSA) is 55.4 Å². The third kappa shape index (κ3) is 3.12. The number of benzene rings is 2. The first-order chi connectivity index (χ1) is 11.5. The van der Waals surface area contributed by atoms with Crippen LogP contribution in [0.4, 0.5) is 14.5 Å². The number of thioether (sulfide) groups is 1. The number of amides is 1. The summed E-state index contributed by atoms with van der Waals surface area (Å²) in [5.74, 6) is -3.34. The number of methoxy groups -OCH3 is 1. The van der Waals surface area contributed by atoms with Gasteiger partial charge in [-0.1, -0.05) is 18.2 Å². The molecule has 7 heteroatoms. The lowest BCUT2D eigenvalue weighted by atomic mass is 10.1. The molecule has 4 nitrogen and oxygen atoms in total. The Balaban J connectivity index is 1.79. The molecule has 0 saturated heterocycles. The molecule has 124 valence electrons. The van der Waals surface area contributed by atoms with E-state index in [-0.39, 0.29) is 5.69 Å². The molecule has 1 N–H and O–H groups in total. The highest BCUT2D eigenvalue weighted by Gasteiger charge is 2.29. The number of ether oxygens (including phenoxy) is 1. The molecular formula is C17H13F2NO3S. The van der Waals surface area contributed by atoms with Crippen LogP contribution in [-0.4, -0.2) is 24.2 Å². The number of hydrogen-bond donors (Lipinski definition) is 1. The smallest absolute Gasteiger partial charge is 0.340 e. The van der Waals surface area contributed by atoms with Gasteiger partial charge in [-0.3, -0.25) is 4.79 Å². The maximum atomic E-state index is 13.9. The van der Waals surface area contributed by atoms with Gasteiger partial charge < -0.3 is 10.1 Å². The van der Waals surface area contributed by atoms with Crippen molar-refractivity contribution in [3.8, 4) is 0 Å². The van der Waals surface area contributed by atoms with Crippen LogP contribution in [0, 0.1) is 11.6 Å². The van der Waals surface area contributed by atoms with E-state index in [2.05, 4.69) is 10.1 Å². The van der Waals surface area contributed by atoms with Gasteiger partial charge in [0.1, 0.15) is 11.6 Å². The number of esters is 1. The second-order valence-electron chi connectivity index (χ2n) is 5.21. The van der Waals surface area contributed by atoms with Gasteiger partial charge >= 0.3 is 5.97 Å². The standard InChI is InChI=1S/C17H13F2NO3S/c1-23-17(22)10-7-13(12(19)8-11(10)18)20-16(21)15-6-9-4-2-3-5-14(9)24-15/h2-5,7-8,15H,6H2,1H3,(H,20,21)/t15-/m0/s1. The zero-order chi connectivity index (χ0) is 17.3. The normalized spacial score (nSPS) is 15.7. The van der Waals surface area contributed by atoms with Gasteiger partial charge in [-0.05, 0) is 24.1 Å². The van der Waals surface area contributed by atoms with Crippen molar-refractivity contribution in [1.82, 2.24) is 0 Å². The second-order valence-corrected chi connectivity index (χ2v) is 6.46. The molecule has 1 aliphatic heterocycles. The van der Waals surface area contributed by atoms with Crippen LogP contribution in [0.3, 0.4) is 0 Å². The van der Waals surface area contributed by atoms with E-state index >= 15 is 0 Å². The van der Waals surface area contributed by atoms with Crippen molar-refractivity contribution in [3.63, 3.8) is 0 Å². The van der Waals surface area contributed by atoms with Gasteiger partial charge in [-0.25, -0.2) is 13.6 Å². The van der Waals surface area contributed by atoms with E-state index in [1.165, 1.54) is 11.8 Å². The van der Waals surface area contributed by atoms with Crippen LogP contribution >= 0.6 is 11.8 Å². The zero-order valence-electron chi connectivity index (χ0n) is 12.6. The average Bonchev–Trinajstić information content (AvgIpc) is 3.00. The van der Waals surface area contributed by atoms with Crippen LogP contribution in [0.15, 0.2) is 41.3 Å². The molecule has 2 aromatic carbocycles. The fourth-order valence-corrected chi connectivity index (χ4v) is 3.65. The van der Waals surface area contributed by atoms with Gasteiger partial charge in [0.2, 0.25) is 5.91 Å². The summed E-state index contributed by atoms with van der Waals surface area (Å²) in [4.78, 5) is 24.9. The summed E-state index contributed by atoms with van der Waals surface area (Å²) in [6.07, 6.45) is 0.527. The summed E-state index contributed by atoms with van der Waals surface area (Å²) in [7, 11) is 1.09. The number of carbonyl (C=O) groups is 2. The Morgan fingerprint density at radius 3 is 2.67 bits per heavy atom. The average molecular weight is 349 g/mol. The van der Waals surface area contributed by atoms with Crippen molar-refractivity contribution in [3.05, 3.63) is 59.2 Å². The van der Waals surface area contributed by atoms with Gasteiger partial charge in [-0.15, -0.1) is 11.8 Å². The van der Waals surface area contributed by atoms with E-state index in [1.54, 1.807) is 0 Å². The summed E-state index contributed by atoms with van der Waals surface area (Å²) in [5.41, 5.74) is 0.368. The maximum Gasteiger partial charge on any atom is 0.340 e. The highest BCUT2D eigenvalue weighted by molar-refractivity contribution is 8.01. The Bertz CT molecular complexity index is 800. The van der Waals surface area contributed by atoms with E-state index in [0.717, 1.165) is 23.6 Å². The van der Waals surface area contributed by atoms with Gasteiger partial charge in [0.05, 0.1) is 23.6 Å². The molecule has 3 rings (SSSR count). The van der Waals surface area contributed by atoms with Crippen LogP contribution in [0.2, 0.25) is 0 Å². The molecule has 24 heavy (non-hydrogen) atoms. The van der Waals surface area contributed by atoms with Crippen LogP contribution in [-0.2, 0) is 16.0 Å². The molecule has 0 fully saturated rings. The lowest BCUT2D eigenvalue weighted by molar-refractivity contribution is -0.115. The quantitative estimate of drug-likeness (QED) is 0.863. The summed E-state index contributed by atoms with van der Waals surface area (Å²) in [5, 5.41) is 2.02. The highest BCUT2D eigenvalue weighted by atomic mass is 32.2. The first kappa shape index (κ1) is 16.4. The summed E-state index contributed by atoms with van der Waals surface area (Å²) in [6, 6.07) is 9.13. The molecule has 2 aromatic rings. The Kier molecular flexibility index (Phi) is 4.53. The third-order valence-corrected chi connectivity index (χ3v) is 4.98. The number of halogens is 2. The molecule has 1 atom stereocenters. The third-order valence-electron chi connectivity index (χ3n) is 3.66. The molecule has 0 unspecified atom stereocenters. The number of nitrogens with one attached hydrogen (secondary N) is 1. The number of hydrogen-bond acceptors (Lipinski definition) is 4. The second kappa shape index (κ2) is 6.60. The van der Waals surface area contributed by atoms with Crippen molar-refractivity contribution in [2.45, 2.75) is 16.6 Å². The Morgan fingerprint density at radius 2 is 1.96 bits per heavy atom. The Labute approximate surface area is 141 Å². The fourth-order valence-electron chi connectivity index (χ4n) is 2.45. The predicted octanol–water partition coefficient (Wildman–Crippen LogP) is 3.41. The predicted molar refractivity (Wildman–Crippen MR) is 86.1 cm³/mol. The molecule has 0 saturated carbocycles. The number of rotatable bonds is 3. The van der Waals surface area contributed by atoms with Crippen LogP contribution in [0.25, 0.3) is 0 Å². The molecule has 1 heterocycles. The van der Waals surface area contributed by atoms with E-state index in [0.29, 0.717) is 12.5 Å². The van der Waals surface area contributed by atoms with E-state index in [1.807, 2.05) is 24.3 Å². The first-order valence-electron chi connectivity index (χ1n) is 7.12. The lowest BCUT2D eigenvalue weighted by Crippen LogP contribution is -2.25. The van der Waals surface area contributed by atoms with Crippen molar-refractivity contribution in [2.24, 2.45) is 0 Å². The maximum absolute atomic E-state index is 13.9. The highest BCUT2D eigenvalue weighted by Crippen LogP contribution is 2.37. The monoisotopic (exact) mass is 349 g/mol. The molecule has 0 spiro atoms. The van der Waals surface area contributed by atoms with Crippen LogP contribution in [0.5, 0.6) is 0 Å². The number of carbonyl (C=O) groups excluding carboxylic acids is 2. The van der Waals surface area contributed by atoms with Crippen molar-refractivity contribution < 1.29 is 23.1 Å². The van der Waals surface area contributed by atoms with Crippen LogP contribution < -0.4 is 5.32 Å².